The standard InChI is InChI=1S/C25H27NO3/c1-24(2)12-13-25(3,4)20-14-18(10-11-19(20)24)21-15-26-22(29-21)16-6-8-17(9-7-16)23(27)28-5/h6-11,14-15H,12-13H2,1-5H3. The molecule has 0 atom stereocenters. The van der Waals surface area contributed by atoms with Gasteiger partial charge >= 0.3 is 5.97 Å². The number of fused-ring (bicyclic) bond motifs is 1. The van der Waals surface area contributed by atoms with Gasteiger partial charge in [0.05, 0.1) is 18.9 Å². The fourth-order valence-corrected chi connectivity index (χ4v) is 4.15. The van der Waals surface area contributed by atoms with Gasteiger partial charge in [-0.15, -0.1) is 0 Å². The van der Waals surface area contributed by atoms with Crippen LogP contribution in [-0.4, -0.2) is 18.1 Å². The molecular formula is C25H27NO3. The van der Waals surface area contributed by atoms with Crippen molar-refractivity contribution in [2.45, 2.75) is 51.4 Å². The number of carbonyl (C=O) groups is 1. The third-order valence-corrected chi connectivity index (χ3v) is 6.20. The number of esters is 1. The summed E-state index contributed by atoms with van der Waals surface area (Å²) in [6.45, 7) is 9.29. The molecule has 0 amide bonds. The van der Waals surface area contributed by atoms with E-state index < -0.39 is 0 Å². The molecule has 0 saturated heterocycles. The van der Waals surface area contributed by atoms with Crippen molar-refractivity contribution in [3.8, 4) is 22.8 Å². The van der Waals surface area contributed by atoms with Crippen LogP contribution in [0.25, 0.3) is 22.8 Å². The molecule has 4 heteroatoms. The van der Waals surface area contributed by atoms with Crippen LogP contribution in [0.15, 0.2) is 53.1 Å². The van der Waals surface area contributed by atoms with Crippen LogP contribution < -0.4 is 0 Å². The Morgan fingerprint density at radius 2 is 1.55 bits per heavy atom. The lowest BCUT2D eigenvalue weighted by Gasteiger charge is -2.42. The molecule has 1 aromatic heterocycles. The molecule has 0 saturated carbocycles. The third-order valence-electron chi connectivity index (χ3n) is 6.20. The Morgan fingerprint density at radius 1 is 0.931 bits per heavy atom. The predicted octanol–water partition coefficient (Wildman–Crippen LogP) is 6.14. The second kappa shape index (κ2) is 6.87. The Bertz CT molecular complexity index is 1060. The normalized spacial score (nSPS) is 16.9. The van der Waals surface area contributed by atoms with Crippen molar-refractivity contribution in [1.29, 1.82) is 0 Å². The topological polar surface area (TPSA) is 52.3 Å². The summed E-state index contributed by atoms with van der Waals surface area (Å²) in [6, 6.07) is 13.7. The first-order valence-corrected chi connectivity index (χ1v) is 10.0. The number of ether oxygens (including phenoxy) is 1. The van der Waals surface area contributed by atoms with E-state index in [2.05, 4.69) is 50.9 Å². The van der Waals surface area contributed by atoms with Crippen molar-refractivity contribution in [2.24, 2.45) is 0 Å². The van der Waals surface area contributed by atoms with Gasteiger partial charge in [0.15, 0.2) is 5.76 Å². The Morgan fingerprint density at radius 3 is 2.21 bits per heavy atom. The van der Waals surface area contributed by atoms with Gasteiger partial charge in [0.25, 0.3) is 0 Å². The first kappa shape index (κ1) is 19.4. The molecule has 1 aliphatic rings. The van der Waals surface area contributed by atoms with Crippen molar-refractivity contribution in [1.82, 2.24) is 4.98 Å². The van der Waals surface area contributed by atoms with E-state index in [0.717, 1.165) is 16.9 Å². The van der Waals surface area contributed by atoms with Crippen LogP contribution in [0.1, 0.15) is 62.0 Å². The van der Waals surface area contributed by atoms with E-state index in [4.69, 9.17) is 9.15 Å². The van der Waals surface area contributed by atoms with E-state index >= 15 is 0 Å². The average molecular weight is 389 g/mol. The van der Waals surface area contributed by atoms with Crippen molar-refractivity contribution in [3.63, 3.8) is 0 Å². The van der Waals surface area contributed by atoms with E-state index in [1.54, 1.807) is 18.3 Å². The highest BCUT2D eigenvalue weighted by Crippen LogP contribution is 2.46. The molecule has 0 aliphatic heterocycles. The van der Waals surface area contributed by atoms with Crippen LogP contribution in [0.4, 0.5) is 0 Å². The lowest BCUT2D eigenvalue weighted by molar-refractivity contribution is 0.0600. The Hall–Kier alpha value is -2.88. The molecule has 0 fully saturated rings. The van der Waals surface area contributed by atoms with Crippen LogP contribution in [0.5, 0.6) is 0 Å². The van der Waals surface area contributed by atoms with Crippen LogP contribution in [0.2, 0.25) is 0 Å². The zero-order valence-electron chi connectivity index (χ0n) is 17.7. The number of carbonyl (C=O) groups excluding carboxylic acids is 1. The molecule has 3 aromatic rings. The maximum absolute atomic E-state index is 11.6. The fraction of sp³-hybridized carbons (Fsp3) is 0.360. The first-order valence-electron chi connectivity index (χ1n) is 10.0. The summed E-state index contributed by atoms with van der Waals surface area (Å²) >= 11 is 0. The van der Waals surface area contributed by atoms with Gasteiger partial charge in [0.2, 0.25) is 5.89 Å². The minimum Gasteiger partial charge on any atom is -0.465 e. The summed E-state index contributed by atoms with van der Waals surface area (Å²) in [4.78, 5) is 16.1. The highest BCUT2D eigenvalue weighted by Gasteiger charge is 2.37. The van der Waals surface area contributed by atoms with Crippen molar-refractivity contribution in [3.05, 3.63) is 65.4 Å². The Kier molecular flexibility index (Phi) is 4.60. The summed E-state index contributed by atoms with van der Waals surface area (Å²) in [5.74, 6) is 0.928. The van der Waals surface area contributed by atoms with Crippen LogP contribution >= 0.6 is 0 Å². The third kappa shape index (κ3) is 3.48. The van der Waals surface area contributed by atoms with Gasteiger partial charge in [-0.3, -0.25) is 0 Å². The zero-order valence-corrected chi connectivity index (χ0v) is 17.7. The molecule has 150 valence electrons. The van der Waals surface area contributed by atoms with Gasteiger partial charge in [-0.2, -0.15) is 0 Å². The van der Waals surface area contributed by atoms with E-state index in [1.165, 1.54) is 31.1 Å². The summed E-state index contributed by atoms with van der Waals surface area (Å²) in [5, 5.41) is 0. The van der Waals surface area contributed by atoms with Gasteiger partial charge in [-0.1, -0.05) is 39.8 Å². The summed E-state index contributed by atoms with van der Waals surface area (Å²) in [7, 11) is 1.37. The molecule has 1 aliphatic carbocycles. The molecule has 4 rings (SSSR count). The number of aromatic nitrogens is 1. The molecule has 2 aromatic carbocycles. The minimum atomic E-state index is -0.357. The van der Waals surface area contributed by atoms with Gasteiger partial charge in [0.1, 0.15) is 0 Å². The number of hydrogen-bond acceptors (Lipinski definition) is 4. The zero-order chi connectivity index (χ0) is 20.8. The van der Waals surface area contributed by atoms with Gasteiger partial charge < -0.3 is 9.15 Å². The number of oxazole rings is 1. The molecule has 0 radical (unpaired) electrons. The van der Waals surface area contributed by atoms with Crippen molar-refractivity contribution < 1.29 is 13.9 Å². The van der Waals surface area contributed by atoms with Gasteiger partial charge in [-0.05, 0) is 65.1 Å². The second-order valence-electron chi connectivity index (χ2n) is 9.13. The maximum Gasteiger partial charge on any atom is 0.337 e. The van der Waals surface area contributed by atoms with Crippen LogP contribution in [-0.2, 0) is 15.6 Å². The quantitative estimate of drug-likeness (QED) is 0.505. The molecule has 0 bridgehead atoms. The second-order valence-corrected chi connectivity index (χ2v) is 9.13. The van der Waals surface area contributed by atoms with E-state index in [-0.39, 0.29) is 16.8 Å². The molecule has 4 nitrogen and oxygen atoms in total. The summed E-state index contributed by atoms with van der Waals surface area (Å²) < 4.78 is 10.8. The Labute approximate surface area is 171 Å². The van der Waals surface area contributed by atoms with E-state index in [9.17, 15) is 4.79 Å². The predicted molar refractivity (Wildman–Crippen MR) is 114 cm³/mol. The minimum absolute atomic E-state index is 0.146. The molecule has 0 unspecified atom stereocenters. The molecule has 0 N–H and O–H groups in total. The highest BCUT2D eigenvalue weighted by atomic mass is 16.5. The lowest BCUT2D eigenvalue weighted by Crippen LogP contribution is -2.33. The first-order chi connectivity index (χ1) is 13.7. The largest absolute Gasteiger partial charge is 0.465 e. The molecule has 29 heavy (non-hydrogen) atoms. The van der Waals surface area contributed by atoms with Crippen LogP contribution in [0, 0.1) is 0 Å². The van der Waals surface area contributed by atoms with E-state index in [0.29, 0.717) is 11.5 Å². The molecule has 1 heterocycles. The maximum atomic E-state index is 11.6. The number of benzene rings is 2. The average Bonchev–Trinajstić information content (AvgIpc) is 3.21. The van der Waals surface area contributed by atoms with Gasteiger partial charge in [0, 0.05) is 11.1 Å². The van der Waals surface area contributed by atoms with Gasteiger partial charge in [-0.25, -0.2) is 9.78 Å². The van der Waals surface area contributed by atoms with Crippen molar-refractivity contribution in [2.75, 3.05) is 7.11 Å². The smallest absolute Gasteiger partial charge is 0.337 e. The Balaban J connectivity index is 1.68. The number of nitrogens with zero attached hydrogens (tertiary/aromatic N) is 1. The van der Waals surface area contributed by atoms with Crippen LogP contribution in [0.3, 0.4) is 0 Å². The number of methoxy groups -OCH3 is 1. The fourth-order valence-electron chi connectivity index (χ4n) is 4.15. The summed E-state index contributed by atoms with van der Waals surface area (Å²) in [5.41, 5.74) is 5.53. The molecule has 0 spiro atoms. The highest BCUT2D eigenvalue weighted by molar-refractivity contribution is 5.89. The van der Waals surface area contributed by atoms with E-state index in [1.807, 2.05) is 12.1 Å². The monoisotopic (exact) mass is 389 g/mol. The SMILES string of the molecule is COC(=O)c1ccc(-c2ncc(-c3ccc4c(c3)C(C)(C)CCC4(C)C)o2)cc1. The molecular weight excluding hydrogens is 362 g/mol. The summed E-state index contributed by atoms with van der Waals surface area (Å²) in [6.07, 6.45) is 4.14. The number of hydrogen-bond donors (Lipinski definition) is 0. The number of rotatable bonds is 3. The van der Waals surface area contributed by atoms with Crippen molar-refractivity contribution >= 4 is 5.97 Å². The lowest BCUT2D eigenvalue weighted by atomic mass is 9.63.